The Morgan fingerprint density at radius 1 is 0.946 bits per heavy atom. The van der Waals surface area contributed by atoms with Crippen molar-refractivity contribution in [3.05, 3.63) is 94.0 Å². The van der Waals surface area contributed by atoms with Crippen LogP contribution in [-0.2, 0) is 26.2 Å². The highest BCUT2D eigenvalue weighted by atomic mass is 35.5. The minimum absolute atomic E-state index is 0.0102. The highest BCUT2D eigenvalue weighted by molar-refractivity contribution is 7.92. The third-order valence-electron chi connectivity index (χ3n) is 6.00. The molecule has 10 heteroatoms. The largest absolute Gasteiger partial charge is 0.357 e. The molecule has 0 fully saturated rings. The van der Waals surface area contributed by atoms with Crippen molar-refractivity contribution in [2.24, 2.45) is 0 Å². The van der Waals surface area contributed by atoms with E-state index in [4.69, 9.17) is 23.2 Å². The number of hydrogen-bond donors (Lipinski definition) is 1. The second kappa shape index (κ2) is 12.4. The molecule has 196 valence electrons. The average molecular weight is 563 g/mol. The number of aryl methyl sites for hydroxylation is 1. The number of likely N-dealkylation sites (N-methyl/N-ethyl adjacent to an activating group) is 1. The zero-order chi connectivity index (χ0) is 27.2. The molecule has 3 aromatic rings. The Kier molecular flexibility index (Phi) is 9.59. The molecule has 0 heterocycles. The maximum atomic E-state index is 13.9. The molecule has 0 spiro atoms. The first-order chi connectivity index (χ1) is 17.6. The third-order valence-corrected chi connectivity index (χ3v) is 8.39. The molecule has 0 aliphatic carbocycles. The fraction of sp³-hybridized carbons (Fsp3) is 0.259. The van der Waals surface area contributed by atoms with Gasteiger partial charge in [0.25, 0.3) is 10.0 Å². The van der Waals surface area contributed by atoms with Gasteiger partial charge in [-0.2, -0.15) is 0 Å². The predicted molar refractivity (Wildman–Crippen MR) is 147 cm³/mol. The Labute approximate surface area is 228 Å². The molecular weight excluding hydrogens is 533 g/mol. The number of amides is 2. The van der Waals surface area contributed by atoms with E-state index in [1.165, 1.54) is 36.2 Å². The molecule has 3 rings (SSSR count). The van der Waals surface area contributed by atoms with Gasteiger partial charge in [0.2, 0.25) is 11.8 Å². The molecule has 0 unspecified atom stereocenters. The van der Waals surface area contributed by atoms with Crippen molar-refractivity contribution in [2.75, 3.05) is 17.9 Å². The van der Waals surface area contributed by atoms with Crippen molar-refractivity contribution in [3.63, 3.8) is 0 Å². The fourth-order valence-electron chi connectivity index (χ4n) is 3.99. The third kappa shape index (κ3) is 6.63. The first kappa shape index (κ1) is 28.5. The number of para-hydroxylation sites is 1. The van der Waals surface area contributed by atoms with Crippen LogP contribution in [0.25, 0.3) is 0 Å². The van der Waals surface area contributed by atoms with Crippen LogP contribution in [0.2, 0.25) is 10.0 Å². The molecule has 0 aliphatic rings. The van der Waals surface area contributed by atoms with Crippen molar-refractivity contribution in [1.82, 2.24) is 10.2 Å². The molecule has 0 radical (unpaired) electrons. The zero-order valence-electron chi connectivity index (χ0n) is 20.8. The Morgan fingerprint density at radius 3 is 2.16 bits per heavy atom. The summed E-state index contributed by atoms with van der Waals surface area (Å²) in [5.74, 6) is -0.901. The van der Waals surface area contributed by atoms with Crippen LogP contribution in [0.1, 0.15) is 24.5 Å². The van der Waals surface area contributed by atoms with Gasteiger partial charge in [0.1, 0.15) is 12.6 Å². The summed E-state index contributed by atoms with van der Waals surface area (Å²) in [5.41, 5.74) is 1.67. The average Bonchev–Trinajstić information content (AvgIpc) is 2.88. The standard InChI is InChI=1S/C27H29Cl2N3O4S/c1-4-24(27(34)30-3)31(17-20-10-6-7-11-23(20)29)26(33)18-32(25-12-8-5-9-19(25)2)37(35,36)22-15-13-21(28)14-16-22/h5-16,24H,4,17-18H2,1-3H3,(H,30,34)/t24-/m1/s1. The molecule has 1 N–H and O–H groups in total. The van der Waals surface area contributed by atoms with Gasteiger partial charge in [-0.25, -0.2) is 8.42 Å². The summed E-state index contributed by atoms with van der Waals surface area (Å²) in [4.78, 5) is 28.0. The Balaban J connectivity index is 2.08. The first-order valence-corrected chi connectivity index (χ1v) is 13.9. The number of halogens is 2. The van der Waals surface area contributed by atoms with Gasteiger partial charge in [-0.3, -0.25) is 13.9 Å². The molecule has 37 heavy (non-hydrogen) atoms. The number of benzene rings is 3. The number of nitrogens with one attached hydrogen (secondary N) is 1. The van der Waals surface area contributed by atoms with E-state index < -0.39 is 28.5 Å². The van der Waals surface area contributed by atoms with Gasteiger partial charge < -0.3 is 10.2 Å². The van der Waals surface area contributed by atoms with E-state index in [0.29, 0.717) is 33.3 Å². The molecule has 7 nitrogen and oxygen atoms in total. The molecule has 0 aromatic heterocycles. The number of sulfonamides is 1. The number of anilines is 1. The predicted octanol–water partition coefficient (Wildman–Crippen LogP) is 5.05. The van der Waals surface area contributed by atoms with Crippen molar-refractivity contribution < 1.29 is 18.0 Å². The van der Waals surface area contributed by atoms with Gasteiger partial charge in [-0.05, 0) is 60.9 Å². The second-order valence-corrected chi connectivity index (χ2v) is 11.1. The van der Waals surface area contributed by atoms with Gasteiger partial charge in [0, 0.05) is 23.6 Å². The molecule has 0 bridgehead atoms. The lowest BCUT2D eigenvalue weighted by Crippen LogP contribution is -2.51. The van der Waals surface area contributed by atoms with Crippen molar-refractivity contribution in [3.8, 4) is 0 Å². The lowest BCUT2D eigenvalue weighted by molar-refractivity contribution is -0.140. The molecule has 3 aromatic carbocycles. The summed E-state index contributed by atoms with van der Waals surface area (Å²) in [6.07, 6.45) is 0.324. The normalized spacial score (nSPS) is 12.0. The van der Waals surface area contributed by atoms with Crippen LogP contribution in [-0.4, -0.2) is 44.8 Å². The summed E-state index contributed by atoms with van der Waals surface area (Å²) in [6, 6.07) is 18.9. The Bertz CT molecular complexity index is 1360. The van der Waals surface area contributed by atoms with Crippen LogP contribution in [0, 0.1) is 6.92 Å². The minimum Gasteiger partial charge on any atom is -0.357 e. The number of carbonyl (C=O) groups excluding carboxylic acids is 2. The Hall–Kier alpha value is -3.07. The summed E-state index contributed by atoms with van der Waals surface area (Å²) in [7, 11) is -2.67. The quantitative estimate of drug-likeness (QED) is 0.375. The van der Waals surface area contributed by atoms with Crippen LogP contribution in [0.15, 0.2) is 77.7 Å². The molecule has 1 atom stereocenters. The van der Waals surface area contributed by atoms with Crippen LogP contribution in [0.3, 0.4) is 0 Å². The number of hydrogen-bond acceptors (Lipinski definition) is 4. The molecule has 0 aliphatic heterocycles. The molecule has 2 amide bonds. The summed E-state index contributed by atoms with van der Waals surface area (Å²) < 4.78 is 28.7. The van der Waals surface area contributed by atoms with Gasteiger partial charge >= 0.3 is 0 Å². The van der Waals surface area contributed by atoms with Gasteiger partial charge in [0.15, 0.2) is 0 Å². The first-order valence-electron chi connectivity index (χ1n) is 11.7. The number of carbonyl (C=O) groups is 2. The highest BCUT2D eigenvalue weighted by Crippen LogP contribution is 2.28. The SMILES string of the molecule is CC[C@H](C(=O)NC)N(Cc1ccccc1Cl)C(=O)CN(c1ccccc1C)S(=O)(=O)c1ccc(Cl)cc1. The topological polar surface area (TPSA) is 86.8 Å². The molecule has 0 saturated heterocycles. The minimum atomic E-state index is -4.16. The maximum Gasteiger partial charge on any atom is 0.264 e. The van der Waals surface area contributed by atoms with E-state index in [1.54, 1.807) is 62.4 Å². The van der Waals surface area contributed by atoms with Gasteiger partial charge in [0.05, 0.1) is 10.6 Å². The maximum absolute atomic E-state index is 13.9. The van der Waals surface area contributed by atoms with Gasteiger partial charge in [-0.1, -0.05) is 66.5 Å². The lowest BCUT2D eigenvalue weighted by atomic mass is 10.1. The van der Waals surface area contributed by atoms with Crippen molar-refractivity contribution in [1.29, 1.82) is 0 Å². The monoisotopic (exact) mass is 561 g/mol. The molecule has 0 saturated carbocycles. The summed E-state index contributed by atoms with van der Waals surface area (Å²) in [6.45, 7) is 3.07. The highest BCUT2D eigenvalue weighted by Gasteiger charge is 2.34. The summed E-state index contributed by atoms with van der Waals surface area (Å²) in [5, 5.41) is 3.43. The van der Waals surface area contributed by atoms with E-state index >= 15 is 0 Å². The van der Waals surface area contributed by atoms with E-state index in [-0.39, 0.29) is 17.3 Å². The van der Waals surface area contributed by atoms with Crippen molar-refractivity contribution in [2.45, 2.75) is 37.8 Å². The van der Waals surface area contributed by atoms with Crippen LogP contribution < -0.4 is 9.62 Å². The van der Waals surface area contributed by atoms with Crippen molar-refractivity contribution >= 4 is 50.7 Å². The van der Waals surface area contributed by atoms with Crippen LogP contribution in [0.5, 0.6) is 0 Å². The fourth-order valence-corrected chi connectivity index (χ4v) is 5.79. The second-order valence-electron chi connectivity index (χ2n) is 8.40. The lowest BCUT2D eigenvalue weighted by Gasteiger charge is -2.33. The number of rotatable bonds is 10. The smallest absolute Gasteiger partial charge is 0.264 e. The van der Waals surface area contributed by atoms with Crippen LogP contribution >= 0.6 is 23.2 Å². The van der Waals surface area contributed by atoms with E-state index in [0.717, 1.165) is 4.31 Å². The van der Waals surface area contributed by atoms with E-state index in [1.807, 2.05) is 0 Å². The van der Waals surface area contributed by atoms with E-state index in [9.17, 15) is 18.0 Å². The van der Waals surface area contributed by atoms with E-state index in [2.05, 4.69) is 5.32 Å². The Morgan fingerprint density at radius 2 is 1.57 bits per heavy atom. The van der Waals surface area contributed by atoms with Gasteiger partial charge in [-0.15, -0.1) is 0 Å². The summed E-state index contributed by atoms with van der Waals surface area (Å²) >= 11 is 12.3. The molecular formula is C27H29Cl2N3O4S. The number of nitrogens with zero attached hydrogens (tertiary/aromatic N) is 2. The van der Waals surface area contributed by atoms with Crippen LogP contribution in [0.4, 0.5) is 5.69 Å². The zero-order valence-corrected chi connectivity index (χ0v) is 23.1.